The summed E-state index contributed by atoms with van der Waals surface area (Å²) in [6, 6.07) is 4.67. The second kappa shape index (κ2) is 6.55. The van der Waals surface area contributed by atoms with Crippen LogP contribution in [0.3, 0.4) is 0 Å². The zero-order valence-electron chi connectivity index (χ0n) is 12.3. The molecule has 2 rings (SSSR count). The van der Waals surface area contributed by atoms with Crippen molar-refractivity contribution in [1.82, 2.24) is 4.57 Å². The number of anilines is 1. The molecule has 5 nitrogen and oxygen atoms in total. The maximum atomic E-state index is 13.5. The van der Waals surface area contributed by atoms with Crippen LogP contribution in [0.15, 0.2) is 30.5 Å². The average Bonchev–Trinajstić information content (AvgIpc) is 2.93. The first-order valence-corrected chi connectivity index (χ1v) is 6.58. The van der Waals surface area contributed by atoms with E-state index in [1.165, 1.54) is 17.6 Å². The van der Waals surface area contributed by atoms with Gasteiger partial charge in [-0.1, -0.05) is 0 Å². The smallest absolute Gasteiger partial charge is 0.355 e. The van der Waals surface area contributed by atoms with Crippen LogP contribution in [-0.2, 0) is 16.6 Å². The first-order chi connectivity index (χ1) is 10.8. The lowest BCUT2D eigenvalue weighted by Crippen LogP contribution is -2.30. The molecule has 122 valence electrons. The molecule has 8 heteroatoms. The zero-order valence-corrected chi connectivity index (χ0v) is 12.3. The third kappa shape index (κ3) is 3.53. The van der Waals surface area contributed by atoms with Crippen molar-refractivity contribution in [3.8, 4) is 0 Å². The quantitative estimate of drug-likeness (QED) is 0.694. The maximum Gasteiger partial charge on any atom is 0.355 e. The van der Waals surface area contributed by atoms with Gasteiger partial charge in [0.15, 0.2) is 23.6 Å². The fraction of sp³-hybridized carbons (Fsp3) is 0.200. The molecule has 0 fully saturated rings. The van der Waals surface area contributed by atoms with Crippen LogP contribution in [0.2, 0.25) is 0 Å². The number of hydrogen-bond acceptors (Lipinski definition) is 3. The van der Waals surface area contributed by atoms with Crippen LogP contribution < -0.4 is 5.32 Å². The van der Waals surface area contributed by atoms with Crippen molar-refractivity contribution in [3.05, 3.63) is 53.6 Å². The van der Waals surface area contributed by atoms with Crippen LogP contribution in [0.4, 0.5) is 18.9 Å². The topological polar surface area (TPSA) is 60.3 Å². The van der Waals surface area contributed by atoms with Gasteiger partial charge in [-0.15, -0.1) is 0 Å². The predicted molar refractivity (Wildman–Crippen MR) is 75.2 cm³/mol. The Bertz CT molecular complexity index is 758. The van der Waals surface area contributed by atoms with E-state index in [0.29, 0.717) is 6.07 Å². The minimum absolute atomic E-state index is 0.226. The van der Waals surface area contributed by atoms with Crippen molar-refractivity contribution in [2.45, 2.75) is 13.0 Å². The Kier molecular flexibility index (Phi) is 4.73. The summed E-state index contributed by atoms with van der Waals surface area (Å²) in [6.45, 7) is 1.27. The summed E-state index contributed by atoms with van der Waals surface area (Å²) >= 11 is 0. The summed E-state index contributed by atoms with van der Waals surface area (Å²) in [4.78, 5) is 23.7. The molecule has 1 atom stereocenters. The van der Waals surface area contributed by atoms with E-state index in [9.17, 15) is 22.8 Å². The third-order valence-corrected chi connectivity index (χ3v) is 3.10. The lowest BCUT2D eigenvalue weighted by Gasteiger charge is -2.14. The number of hydrogen-bond donors (Lipinski definition) is 1. The van der Waals surface area contributed by atoms with Crippen LogP contribution in [-0.4, -0.2) is 22.5 Å². The van der Waals surface area contributed by atoms with Gasteiger partial charge in [-0.05, 0) is 31.2 Å². The summed E-state index contributed by atoms with van der Waals surface area (Å²) in [6.07, 6.45) is 0.364. The van der Waals surface area contributed by atoms with Crippen molar-refractivity contribution in [2.75, 3.05) is 5.32 Å². The van der Waals surface area contributed by atoms with Crippen LogP contribution >= 0.6 is 0 Å². The average molecular weight is 326 g/mol. The number of nitrogens with zero attached hydrogens (tertiary/aromatic N) is 1. The molecule has 0 bridgehead atoms. The SMILES string of the molecule is C[C@@H](OC(=O)c1cccn1C)C(=O)Nc1ccc(F)c(F)c1F. The molecule has 0 aliphatic heterocycles. The Hall–Kier alpha value is -2.77. The first kappa shape index (κ1) is 16.6. The molecule has 23 heavy (non-hydrogen) atoms. The molecule has 1 amide bonds. The summed E-state index contributed by atoms with van der Waals surface area (Å²) in [7, 11) is 1.62. The number of ether oxygens (including phenoxy) is 1. The van der Waals surface area contributed by atoms with Gasteiger partial charge in [0.2, 0.25) is 0 Å². The van der Waals surface area contributed by atoms with Gasteiger partial charge in [0, 0.05) is 13.2 Å². The standard InChI is InChI=1S/C15H13F3N2O3/c1-8(23-15(22)11-4-3-7-20(11)2)14(21)19-10-6-5-9(16)12(17)13(10)18/h3-8H,1-2H3,(H,19,21)/t8-/m1/s1. The predicted octanol–water partition coefficient (Wildman–Crippen LogP) is 2.63. The molecule has 2 aromatic rings. The number of benzene rings is 1. The number of halogens is 3. The van der Waals surface area contributed by atoms with Gasteiger partial charge in [-0.2, -0.15) is 0 Å². The third-order valence-electron chi connectivity index (χ3n) is 3.10. The van der Waals surface area contributed by atoms with Gasteiger partial charge < -0.3 is 14.6 Å². The molecule has 0 saturated carbocycles. The molecule has 1 N–H and O–H groups in total. The number of rotatable bonds is 4. The number of carbonyl (C=O) groups is 2. The highest BCUT2D eigenvalue weighted by Crippen LogP contribution is 2.20. The number of esters is 1. The summed E-state index contributed by atoms with van der Waals surface area (Å²) in [5.41, 5.74) is -0.320. The molecule has 1 aromatic heterocycles. The van der Waals surface area contributed by atoms with E-state index in [4.69, 9.17) is 4.74 Å². The Balaban J connectivity index is 2.05. The maximum absolute atomic E-state index is 13.5. The highest BCUT2D eigenvalue weighted by Gasteiger charge is 2.22. The van der Waals surface area contributed by atoms with E-state index in [-0.39, 0.29) is 5.69 Å². The van der Waals surface area contributed by atoms with Crippen molar-refractivity contribution in [2.24, 2.45) is 7.05 Å². The lowest BCUT2D eigenvalue weighted by molar-refractivity contribution is -0.123. The van der Waals surface area contributed by atoms with Crippen LogP contribution in [0.5, 0.6) is 0 Å². The van der Waals surface area contributed by atoms with Crippen molar-refractivity contribution in [1.29, 1.82) is 0 Å². The summed E-state index contributed by atoms with van der Waals surface area (Å²) in [5, 5.41) is 2.04. The van der Waals surface area contributed by atoms with Gasteiger partial charge in [0.1, 0.15) is 5.69 Å². The molecular weight excluding hydrogens is 313 g/mol. The van der Waals surface area contributed by atoms with Gasteiger partial charge >= 0.3 is 5.97 Å². The number of amides is 1. The Morgan fingerprint density at radius 1 is 1.17 bits per heavy atom. The Morgan fingerprint density at radius 2 is 1.87 bits per heavy atom. The first-order valence-electron chi connectivity index (χ1n) is 6.58. The molecule has 0 aliphatic rings. The second-order valence-electron chi connectivity index (χ2n) is 4.76. The van der Waals surface area contributed by atoms with Crippen LogP contribution in [0.25, 0.3) is 0 Å². The largest absolute Gasteiger partial charge is 0.448 e. The summed E-state index contributed by atoms with van der Waals surface area (Å²) in [5.74, 6) is -6.22. The highest BCUT2D eigenvalue weighted by atomic mass is 19.2. The minimum Gasteiger partial charge on any atom is -0.448 e. The Labute approximate surface area is 129 Å². The van der Waals surface area contributed by atoms with E-state index in [2.05, 4.69) is 0 Å². The van der Waals surface area contributed by atoms with Gasteiger partial charge in [0.05, 0.1) is 5.69 Å². The molecule has 1 heterocycles. The normalized spacial score (nSPS) is 11.9. The highest BCUT2D eigenvalue weighted by molar-refractivity contribution is 5.97. The van der Waals surface area contributed by atoms with Gasteiger partial charge in [-0.3, -0.25) is 4.79 Å². The minimum atomic E-state index is -1.70. The number of aromatic nitrogens is 1. The van der Waals surface area contributed by atoms with Crippen LogP contribution in [0, 0.1) is 17.5 Å². The monoisotopic (exact) mass is 326 g/mol. The number of aryl methyl sites for hydroxylation is 1. The number of nitrogens with one attached hydrogen (secondary N) is 1. The fourth-order valence-corrected chi connectivity index (χ4v) is 1.80. The molecule has 0 spiro atoms. The molecular formula is C15H13F3N2O3. The van der Waals surface area contributed by atoms with Crippen LogP contribution in [0.1, 0.15) is 17.4 Å². The summed E-state index contributed by atoms with van der Waals surface area (Å²) < 4.78 is 45.8. The van der Waals surface area contributed by atoms with E-state index in [0.717, 1.165) is 6.07 Å². The second-order valence-corrected chi connectivity index (χ2v) is 4.76. The fourth-order valence-electron chi connectivity index (χ4n) is 1.80. The van der Waals surface area contributed by atoms with E-state index in [1.807, 2.05) is 5.32 Å². The molecule has 0 unspecified atom stereocenters. The molecule has 0 saturated heterocycles. The van der Waals surface area contributed by atoms with E-state index < -0.39 is 41.1 Å². The Morgan fingerprint density at radius 3 is 2.48 bits per heavy atom. The molecule has 1 aromatic carbocycles. The van der Waals surface area contributed by atoms with Crippen molar-refractivity contribution >= 4 is 17.6 Å². The van der Waals surface area contributed by atoms with E-state index in [1.54, 1.807) is 19.3 Å². The van der Waals surface area contributed by atoms with Crippen molar-refractivity contribution in [3.63, 3.8) is 0 Å². The molecule has 0 radical (unpaired) electrons. The zero-order chi connectivity index (χ0) is 17.1. The van der Waals surface area contributed by atoms with Gasteiger partial charge in [0.25, 0.3) is 5.91 Å². The van der Waals surface area contributed by atoms with Gasteiger partial charge in [-0.25, -0.2) is 18.0 Å². The number of carbonyl (C=O) groups excluding carboxylic acids is 2. The van der Waals surface area contributed by atoms with Crippen molar-refractivity contribution < 1.29 is 27.5 Å². The lowest BCUT2D eigenvalue weighted by atomic mass is 10.2. The van der Waals surface area contributed by atoms with E-state index >= 15 is 0 Å². The molecule has 0 aliphatic carbocycles.